The van der Waals surface area contributed by atoms with E-state index in [1.54, 1.807) is 19.2 Å². The van der Waals surface area contributed by atoms with Crippen LogP contribution in [0.5, 0.6) is 5.75 Å². The van der Waals surface area contributed by atoms with E-state index in [-0.39, 0.29) is 24.5 Å². The molecule has 0 aliphatic carbocycles. The Morgan fingerprint density at radius 1 is 1.19 bits per heavy atom. The van der Waals surface area contributed by atoms with E-state index in [0.29, 0.717) is 36.9 Å². The Hall–Kier alpha value is -3.57. The Bertz CT molecular complexity index is 963. The monoisotopic (exact) mass is 435 g/mol. The van der Waals surface area contributed by atoms with Crippen LogP contribution in [0, 0.1) is 11.5 Å². The molecule has 1 fully saturated rings. The second kappa shape index (κ2) is 11.2. The summed E-state index contributed by atoms with van der Waals surface area (Å²) in [7, 11) is 1.55. The zero-order valence-corrected chi connectivity index (χ0v) is 18.3. The first-order valence-corrected chi connectivity index (χ1v) is 10.7. The van der Waals surface area contributed by atoms with Crippen LogP contribution < -0.4 is 15.4 Å². The number of carbonyl (C=O) groups is 1. The maximum atomic E-state index is 12.9. The van der Waals surface area contributed by atoms with Crippen molar-refractivity contribution in [3.63, 3.8) is 0 Å². The number of amides is 1. The number of hydrogen-bond acceptors (Lipinski definition) is 5. The van der Waals surface area contributed by atoms with E-state index >= 15 is 0 Å². The first-order chi connectivity index (χ1) is 15.6. The Morgan fingerprint density at radius 3 is 2.53 bits per heavy atom. The minimum absolute atomic E-state index is 0.0760. The van der Waals surface area contributed by atoms with Crippen LogP contribution in [0.3, 0.4) is 0 Å². The molecule has 0 atom stereocenters. The number of rotatable bonds is 7. The van der Waals surface area contributed by atoms with Gasteiger partial charge < -0.3 is 20.1 Å². The van der Waals surface area contributed by atoms with E-state index in [9.17, 15) is 4.79 Å². The summed E-state index contributed by atoms with van der Waals surface area (Å²) in [6.07, 6.45) is 3.47. The average Bonchev–Trinajstić information content (AvgIpc) is 2.86. The fourth-order valence-electron chi connectivity index (χ4n) is 4.11. The van der Waals surface area contributed by atoms with Gasteiger partial charge in [-0.25, -0.2) is 4.99 Å². The van der Waals surface area contributed by atoms with Gasteiger partial charge in [-0.15, -0.1) is 0 Å². The Kier molecular flexibility index (Phi) is 8.06. The van der Waals surface area contributed by atoms with Gasteiger partial charge in [0.2, 0.25) is 5.96 Å². The van der Waals surface area contributed by atoms with Crippen molar-refractivity contribution in [2.45, 2.75) is 18.3 Å². The van der Waals surface area contributed by atoms with Crippen molar-refractivity contribution in [3.8, 4) is 11.9 Å². The average molecular weight is 436 g/mol. The van der Waals surface area contributed by atoms with Crippen molar-refractivity contribution in [3.05, 3.63) is 65.7 Å². The molecule has 0 aromatic heterocycles. The topological polar surface area (TPSA) is 110 Å². The lowest BCUT2D eigenvalue weighted by Crippen LogP contribution is -2.52. The van der Waals surface area contributed by atoms with Crippen molar-refractivity contribution in [1.29, 1.82) is 5.26 Å². The number of nitrogens with one attached hydrogen (secondary N) is 2. The minimum atomic E-state index is -0.246. The number of para-hydroxylation sites is 1. The van der Waals surface area contributed by atoms with Crippen LogP contribution in [0.2, 0.25) is 0 Å². The number of benzene rings is 2. The normalized spacial score (nSPS) is 15.5. The molecule has 1 aliphatic rings. The number of likely N-dealkylation sites (tertiary alicyclic amines) is 1. The highest BCUT2D eigenvalue weighted by atomic mass is 16.5. The number of piperidine rings is 1. The molecule has 1 aliphatic heterocycles. The van der Waals surface area contributed by atoms with Gasteiger partial charge in [0.25, 0.3) is 5.91 Å². The molecular formula is C24H29N5O3. The number of nitriles is 1. The molecule has 8 nitrogen and oxygen atoms in total. The van der Waals surface area contributed by atoms with Crippen LogP contribution >= 0.6 is 0 Å². The molecule has 2 aromatic carbocycles. The summed E-state index contributed by atoms with van der Waals surface area (Å²) < 4.78 is 5.33. The molecule has 168 valence electrons. The number of aliphatic hydroxyl groups is 1. The molecule has 0 bridgehead atoms. The molecule has 3 rings (SSSR count). The highest BCUT2D eigenvalue weighted by Gasteiger charge is 2.37. The highest BCUT2D eigenvalue weighted by Crippen LogP contribution is 2.35. The summed E-state index contributed by atoms with van der Waals surface area (Å²) in [6, 6.07) is 17.4. The zero-order chi connectivity index (χ0) is 22.8. The number of methoxy groups -OCH3 is 1. The van der Waals surface area contributed by atoms with Crippen LogP contribution in [0.25, 0.3) is 0 Å². The van der Waals surface area contributed by atoms with Crippen LogP contribution in [0.15, 0.2) is 59.6 Å². The molecule has 32 heavy (non-hydrogen) atoms. The van der Waals surface area contributed by atoms with Crippen LogP contribution in [0.1, 0.15) is 28.8 Å². The third-order valence-corrected chi connectivity index (χ3v) is 5.87. The maximum absolute atomic E-state index is 12.9. The summed E-state index contributed by atoms with van der Waals surface area (Å²) >= 11 is 0. The van der Waals surface area contributed by atoms with Gasteiger partial charge in [-0.2, -0.15) is 5.26 Å². The van der Waals surface area contributed by atoms with E-state index in [2.05, 4.69) is 27.8 Å². The summed E-state index contributed by atoms with van der Waals surface area (Å²) in [6.45, 7) is 1.97. The predicted molar refractivity (Wildman–Crippen MR) is 122 cm³/mol. The van der Waals surface area contributed by atoms with Crippen molar-refractivity contribution in [1.82, 2.24) is 15.5 Å². The molecule has 1 heterocycles. The maximum Gasteiger partial charge on any atom is 0.255 e. The lowest BCUT2D eigenvalue weighted by Gasteiger charge is -2.43. The first kappa shape index (κ1) is 23.1. The lowest BCUT2D eigenvalue weighted by atomic mass is 9.72. The number of nitrogens with zero attached hydrogens (tertiary/aromatic N) is 3. The predicted octanol–water partition coefficient (Wildman–Crippen LogP) is 1.88. The number of aliphatic imine (C=N–C) groups is 1. The molecule has 0 spiro atoms. The first-order valence-electron chi connectivity index (χ1n) is 10.7. The van der Waals surface area contributed by atoms with Crippen molar-refractivity contribution in [2.24, 2.45) is 4.99 Å². The largest absolute Gasteiger partial charge is 0.496 e. The molecule has 1 saturated heterocycles. The number of ether oxygens (including phenoxy) is 1. The summed E-state index contributed by atoms with van der Waals surface area (Å²) in [5.41, 5.74) is 1.43. The fraction of sp³-hybridized carbons (Fsp3) is 0.375. The molecular weight excluding hydrogens is 406 g/mol. The van der Waals surface area contributed by atoms with Gasteiger partial charge in [0.05, 0.1) is 25.8 Å². The minimum Gasteiger partial charge on any atom is -0.496 e. The third kappa shape index (κ3) is 5.37. The SMILES string of the molecule is COc1ccccc1C(=O)NCC1(c2ccccc2)CCN(C(=NCCO)NC#N)CC1. The van der Waals surface area contributed by atoms with Crippen molar-refractivity contribution >= 4 is 11.9 Å². The van der Waals surface area contributed by atoms with E-state index < -0.39 is 0 Å². The van der Waals surface area contributed by atoms with Gasteiger partial charge in [-0.3, -0.25) is 10.1 Å². The second-order valence-electron chi connectivity index (χ2n) is 7.68. The van der Waals surface area contributed by atoms with Gasteiger partial charge in [0, 0.05) is 25.0 Å². The molecule has 0 unspecified atom stereocenters. The second-order valence-corrected chi connectivity index (χ2v) is 7.68. The molecule has 1 amide bonds. The third-order valence-electron chi connectivity index (χ3n) is 5.87. The van der Waals surface area contributed by atoms with Crippen molar-refractivity contribution in [2.75, 3.05) is 39.9 Å². The summed E-state index contributed by atoms with van der Waals surface area (Å²) in [5, 5.41) is 23.9. The number of carbonyl (C=O) groups excluding carboxylic acids is 1. The van der Waals surface area contributed by atoms with Crippen LogP contribution in [0.4, 0.5) is 0 Å². The van der Waals surface area contributed by atoms with Crippen molar-refractivity contribution < 1.29 is 14.6 Å². The Morgan fingerprint density at radius 2 is 1.88 bits per heavy atom. The van der Waals surface area contributed by atoms with Gasteiger partial charge in [-0.05, 0) is 30.5 Å². The van der Waals surface area contributed by atoms with E-state index in [4.69, 9.17) is 15.1 Å². The number of guanidine groups is 1. The van der Waals surface area contributed by atoms with E-state index in [0.717, 1.165) is 12.8 Å². The standard InChI is InChI=1S/C24H29N5O3/c1-32-21-10-6-5-9-20(21)22(31)27-17-24(19-7-3-2-4-8-19)11-14-29(15-12-24)23(28-18-25)26-13-16-30/h2-10,30H,11-17H2,1H3,(H,26,28)(H,27,31). The Balaban J connectivity index is 1.77. The fourth-order valence-corrected chi connectivity index (χ4v) is 4.11. The quantitative estimate of drug-likeness (QED) is 0.265. The number of aliphatic hydroxyl groups excluding tert-OH is 1. The molecule has 0 radical (unpaired) electrons. The summed E-state index contributed by atoms with van der Waals surface area (Å²) in [4.78, 5) is 19.2. The highest BCUT2D eigenvalue weighted by molar-refractivity contribution is 5.97. The smallest absolute Gasteiger partial charge is 0.255 e. The molecule has 2 aromatic rings. The van der Waals surface area contributed by atoms with Crippen LogP contribution in [-0.2, 0) is 5.41 Å². The van der Waals surface area contributed by atoms with E-state index in [1.165, 1.54) is 5.56 Å². The molecule has 3 N–H and O–H groups in total. The van der Waals surface area contributed by atoms with Gasteiger partial charge in [0.15, 0.2) is 6.19 Å². The van der Waals surface area contributed by atoms with Gasteiger partial charge >= 0.3 is 0 Å². The molecule has 0 saturated carbocycles. The van der Waals surface area contributed by atoms with Gasteiger partial charge in [-0.1, -0.05) is 42.5 Å². The van der Waals surface area contributed by atoms with E-state index in [1.807, 2.05) is 41.4 Å². The lowest BCUT2D eigenvalue weighted by molar-refractivity contribution is 0.0929. The zero-order valence-electron chi connectivity index (χ0n) is 18.3. The Labute approximate surface area is 188 Å². The van der Waals surface area contributed by atoms with Crippen LogP contribution in [-0.4, -0.2) is 61.8 Å². The summed E-state index contributed by atoms with van der Waals surface area (Å²) in [5.74, 6) is 0.846. The number of hydrogen-bond donors (Lipinski definition) is 3. The van der Waals surface area contributed by atoms with Gasteiger partial charge in [0.1, 0.15) is 5.75 Å². The molecule has 8 heteroatoms.